The summed E-state index contributed by atoms with van der Waals surface area (Å²) >= 11 is 1.65. The van der Waals surface area contributed by atoms with Crippen LogP contribution in [0.2, 0.25) is 0 Å². The third-order valence-electron chi connectivity index (χ3n) is 5.10. The minimum absolute atomic E-state index is 0.730. The molecule has 0 saturated heterocycles. The van der Waals surface area contributed by atoms with Crippen LogP contribution in [0.25, 0.3) is 0 Å². The second kappa shape index (κ2) is 3.22. The van der Waals surface area contributed by atoms with E-state index in [9.17, 15) is 0 Å². The lowest BCUT2D eigenvalue weighted by Crippen LogP contribution is -2.43. The predicted molar refractivity (Wildman–Crippen MR) is 66.3 cm³/mol. The van der Waals surface area contributed by atoms with Gasteiger partial charge in [-0.3, -0.25) is 0 Å². The van der Waals surface area contributed by atoms with Crippen molar-refractivity contribution in [2.75, 3.05) is 5.73 Å². The lowest BCUT2D eigenvalue weighted by atomic mass is 9.51. The molecule has 0 amide bonds. The molecule has 0 atom stereocenters. The summed E-state index contributed by atoms with van der Waals surface area (Å²) in [7, 11) is 0. The van der Waals surface area contributed by atoms with Gasteiger partial charge in [-0.15, -0.1) is 0 Å². The quantitative estimate of drug-likeness (QED) is 0.810. The van der Waals surface area contributed by atoms with E-state index >= 15 is 0 Å². The second-order valence-electron chi connectivity index (χ2n) is 6.11. The molecule has 2 nitrogen and oxygen atoms in total. The maximum atomic E-state index is 5.77. The highest BCUT2D eigenvalue weighted by Crippen LogP contribution is 2.60. The van der Waals surface area contributed by atoms with Crippen LogP contribution in [0, 0.1) is 23.7 Å². The van der Waals surface area contributed by atoms with Gasteiger partial charge in [0.05, 0.1) is 0 Å². The number of nitrogens with zero attached hydrogens (tertiary/aromatic N) is 1. The molecule has 4 aliphatic carbocycles. The average Bonchev–Trinajstić information content (AvgIpc) is 2.63. The van der Waals surface area contributed by atoms with Crippen molar-refractivity contribution in [3.8, 4) is 0 Å². The van der Waals surface area contributed by atoms with E-state index in [2.05, 4.69) is 10.4 Å². The zero-order chi connectivity index (χ0) is 10.7. The Labute approximate surface area is 100 Å². The first-order chi connectivity index (χ1) is 7.79. The van der Waals surface area contributed by atoms with Crippen LogP contribution in [-0.4, -0.2) is 4.37 Å². The Morgan fingerprint density at radius 1 is 1.06 bits per heavy atom. The normalized spacial score (nSPS) is 45.1. The molecule has 0 aliphatic heterocycles. The van der Waals surface area contributed by atoms with E-state index in [1.807, 2.05) is 0 Å². The Bertz CT molecular complexity index is 384. The first-order valence-electron chi connectivity index (χ1n) is 6.51. The molecule has 0 spiro atoms. The van der Waals surface area contributed by atoms with Gasteiger partial charge in [-0.05, 0) is 73.4 Å². The Morgan fingerprint density at radius 3 is 2.19 bits per heavy atom. The smallest absolute Gasteiger partial charge is 0.137 e. The molecule has 4 saturated carbocycles. The molecule has 5 rings (SSSR count). The fraction of sp³-hybridized carbons (Fsp3) is 0.769. The Kier molecular flexibility index (Phi) is 1.90. The fourth-order valence-electron chi connectivity index (χ4n) is 4.85. The van der Waals surface area contributed by atoms with Crippen LogP contribution >= 0.6 is 11.5 Å². The summed E-state index contributed by atoms with van der Waals surface area (Å²) in [5.74, 6) is 5.57. The maximum absolute atomic E-state index is 5.77. The van der Waals surface area contributed by atoms with Crippen molar-refractivity contribution in [3.05, 3.63) is 10.9 Å². The summed E-state index contributed by atoms with van der Waals surface area (Å²) in [5.41, 5.74) is 5.77. The molecule has 0 aromatic carbocycles. The predicted octanol–water partition coefficient (Wildman–Crippen LogP) is 3.27. The topological polar surface area (TPSA) is 38.9 Å². The second-order valence-corrected chi connectivity index (χ2v) is 6.95. The van der Waals surface area contributed by atoms with E-state index in [4.69, 9.17) is 5.73 Å². The number of anilines is 1. The number of rotatable bonds is 1. The van der Waals surface area contributed by atoms with E-state index in [0.29, 0.717) is 0 Å². The number of hydrogen-bond donors (Lipinski definition) is 1. The molecule has 1 heterocycles. The van der Waals surface area contributed by atoms with Crippen molar-refractivity contribution in [2.45, 2.75) is 38.0 Å². The lowest BCUT2D eigenvalue weighted by Gasteiger charge is -2.54. The maximum Gasteiger partial charge on any atom is 0.137 e. The molecule has 4 aliphatic rings. The third kappa shape index (κ3) is 1.27. The molecular formula is C13H18N2S. The van der Waals surface area contributed by atoms with Gasteiger partial charge >= 0.3 is 0 Å². The average molecular weight is 234 g/mol. The standard InChI is InChI=1S/C13H18N2S/c14-12-6-11(16-15-12)13-9-2-7-1-8(4-9)5-10(13)3-7/h6-10,13H,1-5H2,(H2,14,15). The van der Waals surface area contributed by atoms with Crippen molar-refractivity contribution in [3.63, 3.8) is 0 Å². The third-order valence-corrected chi connectivity index (χ3v) is 6.00. The Morgan fingerprint density at radius 2 is 1.69 bits per heavy atom. The van der Waals surface area contributed by atoms with Gasteiger partial charge in [0.25, 0.3) is 0 Å². The number of aromatic nitrogens is 1. The lowest BCUT2D eigenvalue weighted by molar-refractivity contribution is -0.00160. The molecular weight excluding hydrogens is 216 g/mol. The van der Waals surface area contributed by atoms with Crippen LogP contribution in [0.3, 0.4) is 0 Å². The molecule has 0 unspecified atom stereocenters. The first kappa shape index (κ1) is 9.46. The minimum Gasteiger partial charge on any atom is -0.383 e. The van der Waals surface area contributed by atoms with Crippen LogP contribution in [-0.2, 0) is 0 Å². The van der Waals surface area contributed by atoms with Gasteiger partial charge in [-0.1, -0.05) is 0 Å². The van der Waals surface area contributed by atoms with Crippen molar-refractivity contribution in [1.82, 2.24) is 4.37 Å². The van der Waals surface area contributed by atoms with Gasteiger partial charge in [-0.2, -0.15) is 4.37 Å². The zero-order valence-electron chi connectivity index (χ0n) is 9.43. The van der Waals surface area contributed by atoms with E-state index in [1.165, 1.54) is 37.0 Å². The number of nitrogens with two attached hydrogens (primary N) is 1. The molecule has 1 aromatic heterocycles. The van der Waals surface area contributed by atoms with Crippen LogP contribution in [0.5, 0.6) is 0 Å². The van der Waals surface area contributed by atoms with Crippen LogP contribution in [0.4, 0.5) is 5.82 Å². The van der Waals surface area contributed by atoms with Crippen molar-refractivity contribution in [2.24, 2.45) is 23.7 Å². The summed E-state index contributed by atoms with van der Waals surface area (Å²) in [6, 6.07) is 2.14. The fourth-order valence-corrected chi connectivity index (χ4v) is 5.79. The molecule has 16 heavy (non-hydrogen) atoms. The van der Waals surface area contributed by atoms with Gasteiger partial charge in [0.15, 0.2) is 0 Å². The highest BCUT2D eigenvalue weighted by Gasteiger charge is 2.49. The summed E-state index contributed by atoms with van der Waals surface area (Å²) in [5, 5.41) is 0. The van der Waals surface area contributed by atoms with Gasteiger partial charge in [0.1, 0.15) is 5.82 Å². The Hall–Kier alpha value is -0.570. The molecule has 3 heteroatoms. The van der Waals surface area contributed by atoms with Gasteiger partial charge < -0.3 is 5.73 Å². The highest BCUT2D eigenvalue weighted by molar-refractivity contribution is 7.06. The van der Waals surface area contributed by atoms with Crippen LogP contribution < -0.4 is 5.73 Å². The number of hydrogen-bond acceptors (Lipinski definition) is 3. The summed E-state index contributed by atoms with van der Waals surface area (Å²) in [4.78, 5) is 1.48. The largest absolute Gasteiger partial charge is 0.383 e. The number of nitrogen functional groups attached to an aromatic ring is 1. The van der Waals surface area contributed by atoms with E-state index in [1.54, 1.807) is 11.5 Å². The first-order valence-corrected chi connectivity index (χ1v) is 7.29. The van der Waals surface area contributed by atoms with Gasteiger partial charge in [0, 0.05) is 10.8 Å². The Balaban J connectivity index is 1.69. The molecule has 1 aromatic rings. The van der Waals surface area contributed by atoms with Crippen LogP contribution in [0.1, 0.15) is 42.9 Å². The van der Waals surface area contributed by atoms with Gasteiger partial charge in [-0.25, -0.2) is 0 Å². The van der Waals surface area contributed by atoms with Gasteiger partial charge in [0.2, 0.25) is 0 Å². The molecule has 86 valence electrons. The van der Waals surface area contributed by atoms with E-state index in [-0.39, 0.29) is 0 Å². The van der Waals surface area contributed by atoms with E-state index < -0.39 is 0 Å². The molecule has 4 fully saturated rings. The molecule has 4 bridgehead atoms. The minimum atomic E-state index is 0.730. The van der Waals surface area contributed by atoms with Crippen LogP contribution in [0.15, 0.2) is 6.07 Å². The summed E-state index contributed by atoms with van der Waals surface area (Å²) < 4.78 is 4.27. The SMILES string of the molecule is Nc1cc(C2C3CC4CC(C3)CC2C4)sn1. The van der Waals surface area contributed by atoms with Crippen molar-refractivity contribution in [1.29, 1.82) is 0 Å². The highest BCUT2D eigenvalue weighted by atomic mass is 32.1. The van der Waals surface area contributed by atoms with Crippen molar-refractivity contribution >= 4 is 17.4 Å². The summed E-state index contributed by atoms with van der Waals surface area (Å²) in [6.07, 6.45) is 7.46. The van der Waals surface area contributed by atoms with Crippen molar-refractivity contribution < 1.29 is 0 Å². The van der Waals surface area contributed by atoms with E-state index in [0.717, 1.165) is 35.4 Å². The summed E-state index contributed by atoms with van der Waals surface area (Å²) in [6.45, 7) is 0. The zero-order valence-corrected chi connectivity index (χ0v) is 10.2. The monoisotopic (exact) mass is 234 g/mol. The molecule has 2 N–H and O–H groups in total. The molecule has 0 radical (unpaired) electrons.